The van der Waals surface area contributed by atoms with Crippen molar-refractivity contribution in [2.75, 3.05) is 7.11 Å². The van der Waals surface area contributed by atoms with Gasteiger partial charge in [-0.05, 0) is 0 Å². The van der Waals surface area contributed by atoms with Gasteiger partial charge in [0.1, 0.15) is 0 Å². The van der Waals surface area contributed by atoms with Crippen LogP contribution in [-0.4, -0.2) is 15.5 Å². The summed E-state index contributed by atoms with van der Waals surface area (Å²) in [7, 11) is -4.33. The van der Waals surface area contributed by atoms with Crippen molar-refractivity contribution in [3.63, 3.8) is 0 Å². The molecule has 0 fully saturated rings. The van der Waals surface area contributed by atoms with Gasteiger partial charge in [0, 0.05) is 0 Å². The van der Waals surface area contributed by atoms with Crippen LogP contribution in [-0.2, 0) is 14.6 Å². The maximum atomic E-state index is 12.9. The van der Waals surface area contributed by atoms with Gasteiger partial charge >= 0.3 is 10.4 Å². The summed E-state index contributed by atoms with van der Waals surface area (Å²) in [5, 5.41) is 0. The zero-order valence-corrected chi connectivity index (χ0v) is 8.75. The van der Waals surface area contributed by atoms with Crippen LogP contribution in [0.4, 0.5) is 22.0 Å². The molecule has 0 bridgehead atoms. The Labute approximate surface area is 91.9 Å². The standard InChI is InChI=1S/C7H3F5O4S/c1-15-17(13,14)16-7-5(11)3(9)2(8)4(10)6(7)12/h1H3. The molecule has 0 aliphatic heterocycles. The van der Waals surface area contributed by atoms with Crippen LogP contribution in [0.15, 0.2) is 0 Å². The summed E-state index contributed by atoms with van der Waals surface area (Å²) in [6.45, 7) is 0. The molecule has 0 aromatic heterocycles. The smallest absolute Gasteiger partial charge is 0.355 e. The van der Waals surface area contributed by atoms with E-state index in [2.05, 4.69) is 8.37 Å². The number of halogens is 5. The van der Waals surface area contributed by atoms with E-state index in [1.165, 1.54) is 0 Å². The van der Waals surface area contributed by atoms with Crippen molar-refractivity contribution in [3.8, 4) is 5.75 Å². The second kappa shape index (κ2) is 4.45. The highest BCUT2D eigenvalue weighted by atomic mass is 32.3. The lowest BCUT2D eigenvalue weighted by molar-refractivity contribution is 0.302. The van der Waals surface area contributed by atoms with Crippen LogP contribution >= 0.6 is 0 Å². The average Bonchev–Trinajstić information content (AvgIpc) is 2.30. The largest absolute Gasteiger partial charge is 0.448 e. The van der Waals surface area contributed by atoms with E-state index in [4.69, 9.17) is 0 Å². The van der Waals surface area contributed by atoms with Crippen LogP contribution in [0.1, 0.15) is 0 Å². The van der Waals surface area contributed by atoms with Gasteiger partial charge in [0.15, 0.2) is 0 Å². The minimum Gasteiger partial charge on any atom is -0.355 e. The Morgan fingerprint density at radius 3 is 1.53 bits per heavy atom. The third-order valence-corrected chi connectivity index (χ3v) is 2.34. The molecule has 4 nitrogen and oxygen atoms in total. The number of rotatable bonds is 3. The molecule has 0 unspecified atom stereocenters. The first-order valence-corrected chi connectivity index (χ1v) is 5.06. The highest BCUT2D eigenvalue weighted by Gasteiger charge is 2.30. The minimum absolute atomic E-state index is 0.571. The van der Waals surface area contributed by atoms with Crippen molar-refractivity contribution >= 4 is 10.4 Å². The molecule has 10 heteroatoms. The van der Waals surface area contributed by atoms with E-state index in [-0.39, 0.29) is 0 Å². The second-order valence-corrected chi connectivity index (χ2v) is 3.87. The fraction of sp³-hybridized carbons (Fsp3) is 0.143. The van der Waals surface area contributed by atoms with Gasteiger partial charge in [0.25, 0.3) is 0 Å². The van der Waals surface area contributed by atoms with Gasteiger partial charge < -0.3 is 4.18 Å². The van der Waals surface area contributed by atoms with Crippen LogP contribution < -0.4 is 4.18 Å². The van der Waals surface area contributed by atoms with Gasteiger partial charge in [-0.3, -0.25) is 0 Å². The van der Waals surface area contributed by atoms with Crippen LogP contribution in [0.2, 0.25) is 0 Å². The Balaban J connectivity index is 3.45. The predicted octanol–water partition coefficient (Wildman–Crippen LogP) is 1.65. The lowest BCUT2D eigenvalue weighted by Gasteiger charge is -2.08. The maximum absolute atomic E-state index is 12.9. The molecule has 0 saturated heterocycles. The molecule has 0 radical (unpaired) electrons. The van der Waals surface area contributed by atoms with Crippen molar-refractivity contribution in [2.45, 2.75) is 0 Å². The van der Waals surface area contributed by atoms with E-state index in [0.717, 1.165) is 0 Å². The van der Waals surface area contributed by atoms with Gasteiger partial charge in [0.2, 0.25) is 34.8 Å². The van der Waals surface area contributed by atoms with Gasteiger partial charge in [0.05, 0.1) is 7.11 Å². The van der Waals surface area contributed by atoms with Gasteiger partial charge in [-0.1, -0.05) is 0 Å². The van der Waals surface area contributed by atoms with Crippen molar-refractivity contribution in [1.29, 1.82) is 0 Å². The van der Waals surface area contributed by atoms with Gasteiger partial charge in [-0.2, -0.15) is 17.2 Å². The topological polar surface area (TPSA) is 52.6 Å². The normalized spacial score (nSPS) is 11.6. The van der Waals surface area contributed by atoms with Crippen LogP contribution in [0.3, 0.4) is 0 Å². The van der Waals surface area contributed by atoms with Crippen molar-refractivity contribution < 1.29 is 38.7 Å². The molecule has 0 atom stereocenters. The number of hydrogen-bond donors (Lipinski definition) is 0. The summed E-state index contributed by atoms with van der Waals surface area (Å²) >= 11 is 0. The second-order valence-electron chi connectivity index (χ2n) is 2.56. The van der Waals surface area contributed by atoms with E-state index in [9.17, 15) is 30.4 Å². The van der Waals surface area contributed by atoms with E-state index in [1.54, 1.807) is 0 Å². The average molecular weight is 278 g/mol. The molecule has 0 aliphatic rings. The fourth-order valence-corrected chi connectivity index (χ4v) is 1.21. The van der Waals surface area contributed by atoms with Crippen LogP contribution in [0.5, 0.6) is 5.75 Å². The molecule has 1 aromatic carbocycles. The van der Waals surface area contributed by atoms with Crippen LogP contribution in [0.25, 0.3) is 0 Å². The molecule has 1 aromatic rings. The Morgan fingerprint density at radius 1 is 0.824 bits per heavy atom. The van der Waals surface area contributed by atoms with Gasteiger partial charge in [-0.25, -0.2) is 17.4 Å². The zero-order valence-electron chi connectivity index (χ0n) is 7.93. The molecule has 0 saturated carbocycles. The molecule has 0 amide bonds. The summed E-state index contributed by atoms with van der Waals surface area (Å²) < 4.78 is 92.1. The third-order valence-electron chi connectivity index (χ3n) is 1.56. The Bertz CT molecular complexity index is 527. The van der Waals surface area contributed by atoms with E-state index in [0.29, 0.717) is 7.11 Å². The first-order valence-electron chi connectivity index (χ1n) is 3.72. The number of hydrogen-bond acceptors (Lipinski definition) is 4. The van der Waals surface area contributed by atoms with Crippen molar-refractivity contribution in [3.05, 3.63) is 29.1 Å². The molecule has 0 heterocycles. The molecule has 96 valence electrons. The van der Waals surface area contributed by atoms with E-state index >= 15 is 0 Å². The molecular weight excluding hydrogens is 275 g/mol. The lowest BCUT2D eigenvalue weighted by Crippen LogP contribution is -2.15. The highest BCUT2D eigenvalue weighted by Crippen LogP contribution is 2.30. The van der Waals surface area contributed by atoms with Gasteiger partial charge in [-0.15, -0.1) is 0 Å². The van der Waals surface area contributed by atoms with Crippen molar-refractivity contribution in [2.24, 2.45) is 0 Å². The maximum Gasteiger partial charge on any atom is 0.448 e. The molecule has 0 spiro atoms. The van der Waals surface area contributed by atoms with Crippen molar-refractivity contribution in [1.82, 2.24) is 0 Å². The Hall–Kier alpha value is -1.42. The summed E-state index contributed by atoms with van der Waals surface area (Å²) in [4.78, 5) is 0. The summed E-state index contributed by atoms with van der Waals surface area (Å²) in [5.74, 6) is -13.9. The predicted molar refractivity (Wildman–Crippen MR) is 42.8 cm³/mol. The summed E-state index contributed by atoms with van der Waals surface area (Å²) in [6.07, 6.45) is 0. The molecular formula is C7H3F5O4S. The number of benzene rings is 1. The summed E-state index contributed by atoms with van der Waals surface area (Å²) in [6, 6.07) is 0. The van der Waals surface area contributed by atoms with Crippen LogP contribution in [0, 0.1) is 29.1 Å². The Morgan fingerprint density at radius 2 is 1.18 bits per heavy atom. The zero-order chi connectivity index (χ0) is 13.4. The monoisotopic (exact) mass is 278 g/mol. The lowest BCUT2D eigenvalue weighted by atomic mass is 10.3. The SMILES string of the molecule is COS(=O)(=O)Oc1c(F)c(F)c(F)c(F)c1F. The third kappa shape index (κ3) is 2.47. The highest BCUT2D eigenvalue weighted by molar-refractivity contribution is 7.82. The van der Waals surface area contributed by atoms with E-state index < -0.39 is 45.2 Å². The first kappa shape index (κ1) is 13.6. The molecule has 17 heavy (non-hydrogen) atoms. The molecule has 0 aliphatic carbocycles. The molecule has 1 rings (SSSR count). The molecule has 0 N–H and O–H groups in total. The summed E-state index contributed by atoms with van der Waals surface area (Å²) in [5.41, 5.74) is 0. The quantitative estimate of drug-likeness (QED) is 0.479. The van der Waals surface area contributed by atoms with E-state index in [1.807, 2.05) is 0 Å². The minimum atomic E-state index is -4.90. The Kier molecular flexibility index (Phi) is 3.57. The first-order chi connectivity index (χ1) is 7.71. The fourth-order valence-electron chi connectivity index (χ4n) is 0.794.